The fourth-order valence-corrected chi connectivity index (χ4v) is 1.61. The van der Waals surface area contributed by atoms with Gasteiger partial charge in [0.15, 0.2) is 0 Å². The first-order valence-corrected chi connectivity index (χ1v) is 6.92. The molecule has 94 valence electrons. The molecule has 0 aliphatic heterocycles. The van der Waals surface area contributed by atoms with Crippen molar-refractivity contribution < 1.29 is 4.79 Å². The van der Waals surface area contributed by atoms with E-state index in [1.165, 1.54) is 0 Å². The fraction of sp³-hybridized carbons (Fsp3) is 0.750. The van der Waals surface area contributed by atoms with Crippen molar-refractivity contribution in [3.8, 4) is 0 Å². The van der Waals surface area contributed by atoms with E-state index < -0.39 is 0 Å². The van der Waals surface area contributed by atoms with E-state index >= 15 is 0 Å². The molecule has 3 nitrogen and oxygen atoms in total. The van der Waals surface area contributed by atoms with E-state index in [1.54, 1.807) is 0 Å². The van der Waals surface area contributed by atoms with Crippen molar-refractivity contribution in [3.63, 3.8) is 0 Å². The third-order valence-electron chi connectivity index (χ3n) is 2.33. The van der Waals surface area contributed by atoms with Gasteiger partial charge in [0.05, 0.1) is 6.54 Å². The van der Waals surface area contributed by atoms with Crippen molar-refractivity contribution in [2.24, 2.45) is 5.92 Å². The summed E-state index contributed by atoms with van der Waals surface area (Å²) in [5.74, 6) is 2.54. The maximum absolute atomic E-state index is 11.5. The zero-order valence-corrected chi connectivity index (χ0v) is 11.4. The molecular formula is C12H24N2OS. The molecule has 4 heteroatoms. The van der Waals surface area contributed by atoms with E-state index in [0.717, 1.165) is 18.1 Å². The minimum atomic E-state index is 0.0786. The molecule has 0 rings (SSSR count). The Balaban J connectivity index is 3.40. The van der Waals surface area contributed by atoms with Gasteiger partial charge in [-0.3, -0.25) is 4.79 Å². The lowest BCUT2D eigenvalue weighted by Gasteiger charge is -2.17. The molecule has 0 spiro atoms. The predicted molar refractivity (Wildman–Crippen MR) is 72.8 cm³/mol. The molecular weight excluding hydrogens is 220 g/mol. The van der Waals surface area contributed by atoms with Gasteiger partial charge in [0.1, 0.15) is 0 Å². The summed E-state index contributed by atoms with van der Waals surface area (Å²) in [6.07, 6.45) is 1.89. The molecule has 0 saturated heterocycles. The molecule has 16 heavy (non-hydrogen) atoms. The van der Waals surface area contributed by atoms with Crippen molar-refractivity contribution in [2.45, 2.75) is 26.8 Å². The first-order valence-electron chi connectivity index (χ1n) is 5.76. The summed E-state index contributed by atoms with van der Waals surface area (Å²) in [6.45, 7) is 11.2. The minimum Gasteiger partial charge on any atom is -0.352 e. The van der Waals surface area contributed by atoms with Crippen LogP contribution in [0.1, 0.15) is 20.8 Å². The normalized spacial score (nSPS) is 12.5. The summed E-state index contributed by atoms with van der Waals surface area (Å²) in [5.41, 5.74) is 0. The fourth-order valence-electron chi connectivity index (χ4n) is 0.985. The van der Waals surface area contributed by atoms with E-state index in [1.807, 2.05) is 24.8 Å². The summed E-state index contributed by atoms with van der Waals surface area (Å²) in [7, 11) is 0. The van der Waals surface area contributed by atoms with E-state index in [9.17, 15) is 4.79 Å². The van der Waals surface area contributed by atoms with Crippen LogP contribution in [0, 0.1) is 5.92 Å². The number of carbonyl (C=O) groups is 1. The zero-order valence-electron chi connectivity index (χ0n) is 10.6. The molecule has 0 aliphatic rings. The Labute approximate surface area is 103 Å². The highest BCUT2D eigenvalue weighted by Gasteiger charge is 2.09. The van der Waals surface area contributed by atoms with Crippen LogP contribution in [0.3, 0.4) is 0 Å². The number of thioether (sulfide) groups is 1. The van der Waals surface area contributed by atoms with Crippen LogP contribution in [-0.4, -0.2) is 36.5 Å². The Morgan fingerprint density at radius 3 is 2.69 bits per heavy atom. The molecule has 0 aromatic carbocycles. The molecule has 0 aliphatic carbocycles. The number of hydrogen-bond acceptors (Lipinski definition) is 3. The van der Waals surface area contributed by atoms with Gasteiger partial charge in [-0.25, -0.2) is 0 Å². The quantitative estimate of drug-likeness (QED) is 0.479. The van der Waals surface area contributed by atoms with Gasteiger partial charge >= 0.3 is 0 Å². The summed E-state index contributed by atoms with van der Waals surface area (Å²) < 4.78 is 0. The topological polar surface area (TPSA) is 41.1 Å². The van der Waals surface area contributed by atoms with Gasteiger partial charge in [0, 0.05) is 24.1 Å². The van der Waals surface area contributed by atoms with Crippen LogP contribution < -0.4 is 10.6 Å². The lowest BCUT2D eigenvalue weighted by Crippen LogP contribution is -2.41. The second kappa shape index (κ2) is 9.73. The smallest absolute Gasteiger partial charge is 0.234 e. The van der Waals surface area contributed by atoms with Crippen molar-refractivity contribution in [3.05, 3.63) is 12.7 Å². The van der Waals surface area contributed by atoms with E-state index in [0.29, 0.717) is 12.5 Å². The standard InChI is InChI=1S/C12H24N2OS/c1-5-7-16-8-6-13-9-12(15)14-11(4)10(2)3/h5,10-11,13H,1,6-9H2,2-4H3,(H,14,15). The molecule has 0 aromatic rings. The zero-order chi connectivity index (χ0) is 12.4. The van der Waals surface area contributed by atoms with Crippen molar-refractivity contribution in [1.82, 2.24) is 10.6 Å². The van der Waals surface area contributed by atoms with Crippen LogP contribution >= 0.6 is 11.8 Å². The highest BCUT2D eigenvalue weighted by molar-refractivity contribution is 7.99. The lowest BCUT2D eigenvalue weighted by atomic mass is 10.1. The highest BCUT2D eigenvalue weighted by atomic mass is 32.2. The predicted octanol–water partition coefficient (Wildman–Crippen LogP) is 1.66. The molecule has 0 bridgehead atoms. The first kappa shape index (κ1) is 15.5. The van der Waals surface area contributed by atoms with Gasteiger partial charge in [-0.15, -0.1) is 6.58 Å². The van der Waals surface area contributed by atoms with E-state index in [2.05, 4.69) is 31.1 Å². The largest absolute Gasteiger partial charge is 0.352 e. The van der Waals surface area contributed by atoms with Gasteiger partial charge < -0.3 is 10.6 Å². The molecule has 1 atom stereocenters. The molecule has 0 fully saturated rings. The molecule has 0 saturated carbocycles. The van der Waals surface area contributed by atoms with Gasteiger partial charge in [0.2, 0.25) is 5.91 Å². The number of carbonyl (C=O) groups excluding carboxylic acids is 1. The third-order valence-corrected chi connectivity index (χ3v) is 3.30. The Morgan fingerprint density at radius 2 is 2.12 bits per heavy atom. The van der Waals surface area contributed by atoms with Crippen LogP contribution in [0.2, 0.25) is 0 Å². The average molecular weight is 244 g/mol. The Bertz CT molecular complexity index is 207. The third kappa shape index (κ3) is 8.80. The van der Waals surface area contributed by atoms with Crippen LogP contribution in [0.5, 0.6) is 0 Å². The highest BCUT2D eigenvalue weighted by Crippen LogP contribution is 1.99. The maximum atomic E-state index is 11.5. The number of amides is 1. The molecule has 0 radical (unpaired) electrons. The van der Waals surface area contributed by atoms with Gasteiger partial charge in [-0.2, -0.15) is 11.8 Å². The summed E-state index contributed by atoms with van der Waals surface area (Å²) >= 11 is 1.81. The molecule has 1 unspecified atom stereocenters. The molecule has 1 amide bonds. The minimum absolute atomic E-state index is 0.0786. The summed E-state index contributed by atoms with van der Waals surface area (Å²) in [6, 6.07) is 0.240. The second-order valence-electron chi connectivity index (χ2n) is 4.14. The van der Waals surface area contributed by atoms with Crippen LogP contribution in [0.4, 0.5) is 0 Å². The Morgan fingerprint density at radius 1 is 1.44 bits per heavy atom. The number of rotatable bonds is 9. The molecule has 0 aromatic heterocycles. The Kier molecular flexibility index (Phi) is 9.43. The van der Waals surface area contributed by atoms with E-state index in [-0.39, 0.29) is 11.9 Å². The second-order valence-corrected chi connectivity index (χ2v) is 5.29. The molecule has 0 heterocycles. The van der Waals surface area contributed by atoms with Gasteiger partial charge in [-0.1, -0.05) is 19.9 Å². The number of hydrogen-bond donors (Lipinski definition) is 2. The van der Waals surface area contributed by atoms with Crippen molar-refractivity contribution in [2.75, 3.05) is 24.6 Å². The average Bonchev–Trinajstić information content (AvgIpc) is 2.23. The Hall–Kier alpha value is -0.480. The van der Waals surface area contributed by atoms with Crippen LogP contribution in [0.15, 0.2) is 12.7 Å². The SMILES string of the molecule is C=CCSCCNCC(=O)NC(C)C(C)C. The first-order chi connectivity index (χ1) is 7.57. The van der Waals surface area contributed by atoms with Crippen molar-refractivity contribution in [1.29, 1.82) is 0 Å². The van der Waals surface area contributed by atoms with Crippen LogP contribution in [-0.2, 0) is 4.79 Å². The van der Waals surface area contributed by atoms with Gasteiger partial charge in [0.25, 0.3) is 0 Å². The maximum Gasteiger partial charge on any atom is 0.234 e. The van der Waals surface area contributed by atoms with Crippen LogP contribution in [0.25, 0.3) is 0 Å². The summed E-state index contributed by atoms with van der Waals surface area (Å²) in [4.78, 5) is 11.5. The van der Waals surface area contributed by atoms with Gasteiger partial charge in [-0.05, 0) is 12.8 Å². The monoisotopic (exact) mass is 244 g/mol. The number of nitrogens with one attached hydrogen (secondary N) is 2. The van der Waals surface area contributed by atoms with E-state index in [4.69, 9.17) is 0 Å². The van der Waals surface area contributed by atoms with Crippen molar-refractivity contribution >= 4 is 17.7 Å². The summed E-state index contributed by atoms with van der Waals surface area (Å²) in [5, 5.41) is 6.08. The molecule has 2 N–H and O–H groups in total. The lowest BCUT2D eigenvalue weighted by molar-refractivity contribution is -0.121.